The second kappa shape index (κ2) is 8.68. The van der Waals surface area contributed by atoms with Gasteiger partial charge < -0.3 is 0 Å². The lowest BCUT2D eigenvalue weighted by atomic mass is 10.0. The minimum atomic E-state index is 0.398. The average Bonchev–Trinajstić information content (AvgIpc) is 2.36. The first-order chi connectivity index (χ1) is 8.72. The molecule has 0 saturated heterocycles. The quantitative estimate of drug-likeness (QED) is 0.457. The minimum absolute atomic E-state index is 0.398. The van der Waals surface area contributed by atoms with E-state index in [1.54, 1.807) is 0 Å². The SMILES string of the molecule is C=CCCCCCC(=O)CCc1cccc(C)c1. The molecule has 0 aliphatic carbocycles. The van der Waals surface area contributed by atoms with Crippen molar-refractivity contribution in [2.24, 2.45) is 0 Å². The van der Waals surface area contributed by atoms with Crippen LogP contribution in [0, 0.1) is 6.92 Å². The van der Waals surface area contributed by atoms with Crippen LogP contribution in [0.15, 0.2) is 36.9 Å². The van der Waals surface area contributed by atoms with Crippen LogP contribution >= 0.6 is 0 Å². The molecular formula is C17H24O. The Kier molecular flexibility index (Phi) is 7.09. The summed E-state index contributed by atoms with van der Waals surface area (Å²) < 4.78 is 0. The molecule has 0 amide bonds. The molecule has 98 valence electrons. The summed E-state index contributed by atoms with van der Waals surface area (Å²) in [5, 5.41) is 0. The molecule has 0 atom stereocenters. The molecule has 0 unspecified atom stereocenters. The first-order valence-corrected chi connectivity index (χ1v) is 6.90. The third-order valence-electron chi connectivity index (χ3n) is 3.14. The molecule has 1 aromatic rings. The molecule has 1 rings (SSSR count). The molecule has 0 N–H and O–H groups in total. The number of hydrogen-bond donors (Lipinski definition) is 0. The van der Waals surface area contributed by atoms with E-state index < -0.39 is 0 Å². The molecule has 0 aliphatic rings. The molecule has 1 heteroatoms. The minimum Gasteiger partial charge on any atom is -0.300 e. The fraction of sp³-hybridized carbons (Fsp3) is 0.471. The average molecular weight is 244 g/mol. The Labute approximate surface area is 111 Å². The van der Waals surface area contributed by atoms with Crippen LogP contribution in [0.5, 0.6) is 0 Å². The number of unbranched alkanes of at least 4 members (excludes halogenated alkanes) is 3. The first-order valence-electron chi connectivity index (χ1n) is 6.90. The van der Waals surface area contributed by atoms with E-state index in [4.69, 9.17) is 0 Å². The number of carbonyl (C=O) groups is 1. The smallest absolute Gasteiger partial charge is 0.133 e. The number of carbonyl (C=O) groups excluding carboxylic acids is 1. The maximum absolute atomic E-state index is 11.7. The van der Waals surface area contributed by atoms with E-state index in [2.05, 4.69) is 37.8 Å². The molecule has 0 spiro atoms. The molecule has 0 aliphatic heterocycles. The third kappa shape index (κ3) is 6.39. The van der Waals surface area contributed by atoms with Crippen molar-refractivity contribution in [3.05, 3.63) is 48.0 Å². The van der Waals surface area contributed by atoms with E-state index in [1.807, 2.05) is 6.08 Å². The highest BCUT2D eigenvalue weighted by Gasteiger charge is 2.02. The zero-order valence-electron chi connectivity index (χ0n) is 11.5. The molecule has 1 nitrogen and oxygen atoms in total. The predicted octanol–water partition coefficient (Wildman–Crippen LogP) is 4.63. The summed E-state index contributed by atoms with van der Waals surface area (Å²) in [5.74, 6) is 0.398. The Morgan fingerprint density at radius 1 is 1.22 bits per heavy atom. The second-order valence-electron chi connectivity index (χ2n) is 4.92. The van der Waals surface area contributed by atoms with Crippen LogP contribution in [-0.2, 0) is 11.2 Å². The summed E-state index contributed by atoms with van der Waals surface area (Å²) in [7, 11) is 0. The van der Waals surface area contributed by atoms with Crippen LogP contribution in [-0.4, -0.2) is 5.78 Å². The number of Topliss-reactive ketones (excluding diaryl/α,β-unsaturated/α-hetero) is 1. The number of hydrogen-bond acceptors (Lipinski definition) is 1. The zero-order chi connectivity index (χ0) is 13.2. The highest BCUT2D eigenvalue weighted by Crippen LogP contribution is 2.10. The maximum atomic E-state index is 11.7. The molecular weight excluding hydrogens is 220 g/mol. The van der Waals surface area contributed by atoms with Crippen LogP contribution in [0.25, 0.3) is 0 Å². The van der Waals surface area contributed by atoms with Gasteiger partial charge in [-0.05, 0) is 38.2 Å². The van der Waals surface area contributed by atoms with Crippen molar-refractivity contribution in [3.63, 3.8) is 0 Å². The van der Waals surface area contributed by atoms with Gasteiger partial charge in [0.25, 0.3) is 0 Å². The molecule has 0 radical (unpaired) electrons. The van der Waals surface area contributed by atoms with Crippen molar-refractivity contribution in [2.45, 2.75) is 51.9 Å². The Balaban J connectivity index is 2.15. The molecule has 0 aromatic heterocycles. The number of benzene rings is 1. The Hall–Kier alpha value is -1.37. The Bertz CT molecular complexity index is 379. The van der Waals surface area contributed by atoms with Crippen molar-refractivity contribution >= 4 is 5.78 Å². The van der Waals surface area contributed by atoms with E-state index in [0.29, 0.717) is 12.2 Å². The van der Waals surface area contributed by atoms with Gasteiger partial charge >= 0.3 is 0 Å². The van der Waals surface area contributed by atoms with Gasteiger partial charge in [0.1, 0.15) is 5.78 Å². The van der Waals surface area contributed by atoms with Crippen LogP contribution in [0.3, 0.4) is 0 Å². The molecule has 0 fully saturated rings. The number of aryl methyl sites for hydroxylation is 2. The summed E-state index contributed by atoms with van der Waals surface area (Å²) in [6, 6.07) is 8.41. The van der Waals surface area contributed by atoms with Gasteiger partial charge in [0.2, 0.25) is 0 Å². The van der Waals surface area contributed by atoms with Gasteiger partial charge in [0.15, 0.2) is 0 Å². The van der Waals surface area contributed by atoms with E-state index in [1.165, 1.54) is 11.1 Å². The van der Waals surface area contributed by atoms with E-state index >= 15 is 0 Å². The van der Waals surface area contributed by atoms with Crippen molar-refractivity contribution in [1.29, 1.82) is 0 Å². The van der Waals surface area contributed by atoms with Gasteiger partial charge in [-0.15, -0.1) is 6.58 Å². The van der Waals surface area contributed by atoms with Gasteiger partial charge in [-0.2, -0.15) is 0 Å². The van der Waals surface area contributed by atoms with Crippen molar-refractivity contribution in [2.75, 3.05) is 0 Å². The van der Waals surface area contributed by atoms with Crippen molar-refractivity contribution < 1.29 is 4.79 Å². The van der Waals surface area contributed by atoms with Crippen LogP contribution in [0.2, 0.25) is 0 Å². The Morgan fingerprint density at radius 2 is 2.06 bits per heavy atom. The van der Waals surface area contributed by atoms with Gasteiger partial charge in [-0.25, -0.2) is 0 Å². The first kappa shape index (κ1) is 14.7. The van der Waals surface area contributed by atoms with Crippen LogP contribution < -0.4 is 0 Å². The lowest BCUT2D eigenvalue weighted by Crippen LogP contribution is -2.00. The van der Waals surface area contributed by atoms with Crippen molar-refractivity contribution in [3.8, 4) is 0 Å². The second-order valence-corrected chi connectivity index (χ2v) is 4.92. The molecule has 1 aromatic carbocycles. The van der Waals surface area contributed by atoms with Crippen LogP contribution in [0.1, 0.15) is 49.7 Å². The molecule has 18 heavy (non-hydrogen) atoms. The Morgan fingerprint density at radius 3 is 2.78 bits per heavy atom. The molecule has 0 bridgehead atoms. The largest absolute Gasteiger partial charge is 0.300 e. The highest BCUT2D eigenvalue weighted by atomic mass is 16.1. The topological polar surface area (TPSA) is 17.1 Å². The van der Waals surface area contributed by atoms with E-state index in [0.717, 1.165) is 38.5 Å². The van der Waals surface area contributed by atoms with Crippen LogP contribution in [0.4, 0.5) is 0 Å². The zero-order valence-corrected chi connectivity index (χ0v) is 11.5. The summed E-state index contributed by atoms with van der Waals surface area (Å²) in [6.45, 7) is 5.78. The predicted molar refractivity (Wildman–Crippen MR) is 77.8 cm³/mol. The fourth-order valence-electron chi connectivity index (χ4n) is 2.06. The fourth-order valence-corrected chi connectivity index (χ4v) is 2.06. The number of ketones is 1. The number of allylic oxidation sites excluding steroid dienone is 1. The highest BCUT2D eigenvalue weighted by molar-refractivity contribution is 5.78. The monoisotopic (exact) mass is 244 g/mol. The van der Waals surface area contributed by atoms with Gasteiger partial charge in [-0.1, -0.05) is 42.3 Å². The normalized spacial score (nSPS) is 10.3. The lowest BCUT2D eigenvalue weighted by Gasteiger charge is -2.03. The summed E-state index contributed by atoms with van der Waals surface area (Å²) in [6.07, 6.45) is 8.65. The van der Waals surface area contributed by atoms with E-state index in [-0.39, 0.29) is 0 Å². The summed E-state index contributed by atoms with van der Waals surface area (Å²) in [5.41, 5.74) is 2.54. The number of rotatable bonds is 9. The van der Waals surface area contributed by atoms with Gasteiger partial charge in [0, 0.05) is 12.8 Å². The summed E-state index contributed by atoms with van der Waals surface area (Å²) in [4.78, 5) is 11.7. The standard InChI is InChI=1S/C17H24O/c1-3-4-5-6-7-11-17(18)13-12-16-10-8-9-15(2)14-16/h3,8-10,14H,1,4-7,11-13H2,2H3. The maximum Gasteiger partial charge on any atom is 0.133 e. The van der Waals surface area contributed by atoms with Gasteiger partial charge in [-0.3, -0.25) is 4.79 Å². The molecule has 0 heterocycles. The third-order valence-corrected chi connectivity index (χ3v) is 3.14. The lowest BCUT2D eigenvalue weighted by molar-refractivity contribution is -0.119. The van der Waals surface area contributed by atoms with E-state index in [9.17, 15) is 4.79 Å². The van der Waals surface area contributed by atoms with Crippen molar-refractivity contribution in [1.82, 2.24) is 0 Å². The van der Waals surface area contributed by atoms with Gasteiger partial charge in [0.05, 0.1) is 0 Å². The summed E-state index contributed by atoms with van der Waals surface area (Å²) >= 11 is 0. The molecule has 0 saturated carbocycles.